The number of esters is 1. The number of ether oxygens (including phenoxy) is 2. The first-order chi connectivity index (χ1) is 6.97. The standard InChI is InChI=1S/C8H14O7/c1-3(10)14-8-7(13)6(12)5(11)4(2-9)15-8/h4-9,11-13H,2H2,1H3/t4?,5-,6?,7?,8+/m1/s1. The van der Waals surface area contributed by atoms with Crippen molar-refractivity contribution < 1.29 is 34.7 Å². The van der Waals surface area contributed by atoms with Crippen molar-refractivity contribution in [2.75, 3.05) is 6.61 Å². The van der Waals surface area contributed by atoms with Crippen molar-refractivity contribution in [3.63, 3.8) is 0 Å². The first-order valence-electron chi connectivity index (χ1n) is 4.45. The van der Waals surface area contributed by atoms with Crippen molar-refractivity contribution in [3.05, 3.63) is 0 Å². The van der Waals surface area contributed by atoms with Crippen molar-refractivity contribution in [2.45, 2.75) is 37.6 Å². The molecule has 0 saturated carbocycles. The maximum Gasteiger partial charge on any atom is 0.305 e. The van der Waals surface area contributed by atoms with E-state index in [-0.39, 0.29) is 0 Å². The van der Waals surface area contributed by atoms with Gasteiger partial charge in [0.1, 0.15) is 24.4 Å². The molecule has 4 N–H and O–H groups in total. The topological polar surface area (TPSA) is 116 Å². The summed E-state index contributed by atoms with van der Waals surface area (Å²) < 4.78 is 9.45. The lowest BCUT2D eigenvalue weighted by atomic mass is 9.99. The van der Waals surface area contributed by atoms with Crippen LogP contribution < -0.4 is 0 Å². The van der Waals surface area contributed by atoms with Gasteiger partial charge < -0.3 is 29.9 Å². The molecule has 15 heavy (non-hydrogen) atoms. The van der Waals surface area contributed by atoms with Crippen LogP contribution in [-0.4, -0.2) is 63.7 Å². The molecule has 0 aromatic rings. The number of carbonyl (C=O) groups is 1. The Labute approximate surface area is 85.9 Å². The zero-order valence-electron chi connectivity index (χ0n) is 8.11. The summed E-state index contributed by atoms with van der Waals surface area (Å²) in [5, 5.41) is 36.8. The van der Waals surface area contributed by atoms with Crippen LogP contribution in [0.15, 0.2) is 0 Å². The molecule has 1 aliphatic heterocycles. The van der Waals surface area contributed by atoms with Crippen LogP contribution in [0.1, 0.15) is 6.92 Å². The maximum atomic E-state index is 10.6. The largest absolute Gasteiger partial charge is 0.433 e. The van der Waals surface area contributed by atoms with E-state index in [1.807, 2.05) is 0 Å². The minimum absolute atomic E-state index is 0.553. The van der Waals surface area contributed by atoms with Gasteiger partial charge in [0, 0.05) is 6.92 Å². The Kier molecular flexibility index (Phi) is 4.00. The summed E-state index contributed by atoms with van der Waals surface area (Å²) in [7, 11) is 0. The molecule has 7 nitrogen and oxygen atoms in total. The third kappa shape index (κ3) is 2.64. The summed E-state index contributed by atoms with van der Waals surface area (Å²) in [5.74, 6) is -0.695. The molecule has 1 rings (SSSR count). The Morgan fingerprint density at radius 1 is 1.27 bits per heavy atom. The van der Waals surface area contributed by atoms with Crippen LogP contribution in [0.2, 0.25) is 0 Å². The van der Waals surface area contributed by atoms with Gasteiger partial charge in [0.05, 0.1) is 6.61 Å². The molecule has 0 aliphatic carbocycles. The van der Waals surface area contributed by atoms with E-state index in [2.05, 4.69) is 4.74 Å². The second-order valence-electron chi connectivity index (χ2n) is 3.31. The van der Waals surface area contributed by atoms with E-state index >= 15 is 0 Å². The summed E-state index contributed by atoms with van der Waals surface area (Å²) in [6, 6.07) is 0. The van der Waals surface area contributed by atoms with E-state index in [0.717, 1.165) is 6.92 Å². The Hall–Kier alpha value is -0.730. The molecule has 1 heterocycles. The van der Waals surface area contributed by atoms with Crippen LogP contribution >= 0.6 is 0 Å². The van der Waals surface area contributed by atoms with Crippen LogP contribution in [0.3, 0.4) is 0 Å². The van der Waals surface area contributed by atoms with Gasteiger partial charge >= 0.3 is 5.97 Å². The van der Waals surface area contributed by atoms with Gasteiger partial charge in [-0.05, 0) is 0 Å². The van der Waals surface area contributed by atoms with Crippen molar-refractivity contribution in [1.29, 1.82) is 0 Å². The molecular formula is C8H14O7. The zero-order chi connectivity index (χ0) is 11.6. The zero-order valence-corrected chi connectivity index (χ0v) is 8.11. The van der Waals surface area contributed by atoms with Gasteiger partial charge in [-0.3, -0.25) is 4.79 Å². The minimum Gasteiger partial charge on any atom is -0.433 e. The second-order valence-corrected chi connectivity index (χ2v) is 3.31. The number of aliphatic hydroxyl groups is 4. The van der Waals surface area contributed by atoms with E-state index in [1.165, 1.54) is 0 Å². The normalized spacial score (nSPS) is 41.3. The van der Waals surface area contributed by atoms with Gasteiger partial charge in [0.2, 0.25) is 6.29 Å². The molecule has 3 unspecified atom stereocenters. The van der Waals surface area contributed by atoms with Crippen LogP contribution in [0.5, 0.6) is 0 Å². The van der Waals surface area contributed by atoms with Crippen LogP contribution in [0.25, 0.3) is 0 Å². The fourth-order valence-corrected chi connectivity index (χ4v) is 1.33. The average Bonchev–Trinajstić information content (AvgIpc) is 2.18. The third-order valence-corrected chi connectivity index (χ3v) is 2.13. The molecule has 0 spiro atoms. The summed E-state index contributed by atoms with van der Waals surface area (Å²) in [4.78, 5) is 10.6. The summed E-state index contributed by atoms with van der Waals surface area (Å²) in [6.45, 7) is 0.560. The first-order valence-corrected chi connectivity index (χ1v) is 4.45. The lowest BCUT2D eigenvalue weighted by molar-refractivity contribution is -0.292. The highest BCUT2D eigenvalue weighted by atomic mass is 16.7. The molecule has 1 saturated heterocycles. The van der Waals surface area contributed by atoms with Gasteiger partial charge in [-0.25, -0.2) is 0 Å². The minimum atomic E-state index is -1.54. The molecule has 7 heteroatoms. The van der Waals surface area contributed by atoms with E-state index in [9.17, 15) is 20.1 Å². The number of rotatable bonds is 2. The summed E-state index contributed by atoms with van der Waals surface area (Å²) >= 11 is 0. The fourth-order valence-electron chi connectivity index (χ4n) is 1.33. The SMILES string of the molecule is CC(=O)O[C@H]1OC(CO)[C@@H](O)C(O)C1O. The van der Waals surface area contributed by atoms with Crippen LogP contribution in [-0.2, 0) is 14.3 Å². The van der Waals surface area contributed by atoms with E-state index in [4.69, 9.17) is 9.84 Å². The van der Waals surface area contributed by atoms with E-state index in [1.54, 1.807) is 0 Å². The molecule has 0 radical (unpaired) electrons. The number of hydrogen-bond donors (Lipinski definition) is 4. The Morgan fingerprint density at radius 3 is 2.33 bits per heavy atom. The molecule has 0 aromatic heterocycles. The monoisotopic (exact) mass is 222 g/mol. The Bertz CT molecular complexity index is 229. The quantitative estimate of drug-likeness (QED) is 0.377. The van der Waals surface area contributed by atoms with Crippen molar-refractivity contribution in [1.82, 2.24) is 0 Å². The summed E-state index contributed by atoms with van der Waals surface area (Å²) in [6.07, 6.45) is -6.95. The van der Waals surface area contributed by atoms with Gasteiger partial charge in [-0.15, -0.1) is 0 Å². The van der Waals surface area contributed by atoms with Gasteiger partial charge in [0.15, 0.2) is 0 Å². The molecule has 1 fully saturated rings. The highest BCUT2D eigenvalue weighted by Crippen LogP contribution is 2.21. The van der Waals surface area contributed by atoms with Gasteiger partial charge in [0.25, 0.3) is 0 Å². The number of hydrogen-bond acceptors (Lipinski definition) is 7. The molecule has 88 valence electrons. The average molecular weight is 222 g/mol. The van der Waals surface area contributed by atoms with E-state index < -0.39 is 43.3 Å². The Morgan fingerprint density at radius 2 is 1.87 bits per heavy atom. The fraction of sp³-hybridized carbons (Fsp3) is 0.875. The summed E-state index contributed by atoms with van der Waals surface area (Å²) in [5.41, 5.74) is 0. The molecule has 0 bridgehead atoms. The lowest BCUT2D eigenvalue weighted by Crippen LogP contribution is -2.59. The molecule has 0 amide bonds. The predicted molar refractivity (Wildman–Crippen MR) is 45.5 cm³/mol. The molecular weight excluding hydrogens is 208 g/mol. The molecule has 0 aromatic carbocycles. The smallest absolute Gasteiger partial charge is 0.305 e. The van der Waals surface area contributed by atoms with Gasteiger partial charge in [-0.1, -0.05) is 0 Å². The van der Waals surface area contributed by atoms with Crippen molar-refractivity contribution >= 4 is 5.97 Å². The third-order valence-electron chi connectivity index (χ3n) is 2.13. The predicted octanol–water partition coefficient (Wildman–Crippen LogP) is -2.65. The van der Waals surface area contributed by atoms with Crippen LogP contribution in [0, 0.1) is 0 Å². The lowest BCUT2D eigenvalue weighted by Gasteiger charge is -2.38. The maximum absolute atomic E-state index is 10.6. The van der Waals surface area contributed by atoms with Crippen LogP contribution in [0.4, 0.5) is 0 Å². The molecule has 1 aliphatic rings. The van der Waals surface area contributed by atoms with Crippen molar-refractivity contribution in [2.24, 2.45) is 0 Å². The number of carbonyl (C=O) groups excluding carboxylic acids is 1. The van der Waals surface area contributed by atoms with Crippen molar-refractivity contribution in [3.8, 4) is 0 Å². The van der Waals surface area contributed by atoms with E-state index in [0.29, 0.717) is 0 Å². The second kappa shape index (κ2) is 4.86. The molecule has 5 atom stereocenters. The highest BCUT2D eigenvalue weighted by Gasteiger charge is 2.44. The Balaban J connectivity index is 2.69. The first kappa shape index (κ1) is 12.3. The van der Waals surface area contributed by atoms with Gasteiger partial charge in [-0.2, -0.15) is 0 Å². The highest BCUT2D eigenvalue weighted by molar-refractivity contribution is 5.66. The number of aliphatic hydroxyl groups excluding tert-OH is 4.